The molecule has 0 aromatic heterocycles. The maximum atomic E-state index is 12.9. The minimum atomic E-state index is -1.01. The quantitative estimate of drug-likeness (QED) is 0.752. The third-order valence-electron chi connectivity index (χ3n) is 2.44. The van der Waals surface area contributed by atoms with E-state index in [1.54, 1.807) is 0 Å². The molecule has 1 aliphatic heterocycles. The Labute approximate surface area is 80.6 Å². The van der Waals surface area contributed by atoms with Crippen LogP contribution in [0.4, 0.5) is 4.39 Å². The largest absolute Gasteiger partial charge is 0.478 e. The number of halogens is 1. The van der Waals surface area contributed by atoms with E-state index in [2.05, 4.69) is 5.32 Å². The number of hydrogen-bond acceptors (Lipinski definition) is 2. The molecule has 2 rings (SSSR count). The Morgan fingerprint density at radius 3 is 2.79 bits per heavy atom. The van der Waals surface area contributed by atoms with Crippen LogP contribution in [0.5, 0.6) is 0 Å². The number of aromatic carboxylic acids is 1. The number of hydrogen-bond donors (Lipinski definition) is 2. The van der Waals surface area contributed by atoms with Crippen LogP contribution in [0.3, 0.4) is 0 Å². The van der Waals surface area contributed by atoms with E-state index < -0.39 is 11.8 Å². The molecule has 0 spiro atoms. The van der Waals surface area contributed by atoms with Crippen molar-refractivity contribution in [3.63, 3.8) is 0 Å². The van der Waals surface area contributed by atoms with Crippen molar-refractivity contribution in [2.45, 2.75) is 12.5 Å². The summed E-state index contributed by atoms with van der Waals surface area (Å²) in [6.45, 7) is 0.861. The number of carboxylic acids is 1. The zero-order valence-corrected chi connectivity index (χ0v) is 7.46. The van der Waals surface area contributed by atoms with Crippen molar-refractivity contribution in [3.8, 4) is 0 Å². The summed E-state index contributed by atoms with van der Waals surface area (Å²) >= 11 is 0. The molecule has 1 unspecified atom stereocenters. The van der Waals surface area contributed by atoms with Crippen molar-refractivity contribution in [1.82, 2.24) is 5.32 Å². The van der Waals surface area contributed by atoms with Crippen LogP contribution in [0.25, 0.3) is 0 Å². The highest BCUT2D eigenvalue weighted by atomic mass is 19.1. The molecule has 14 heavy (non-hydrogen) atoms. The van der Waals surface area contributed by atoms with Gasteiger partial charge in [0.1, 0.15) is 5.82 Å². The van der Waals surface area contributed by atoms with Gasteiger partial charge in [0.2, 0.25) is 0 Å². The zero-order chi connectivity index (χ0) is 10.1. The summed E-state index contributed by atoms with van der Waals surface area (Å²) in [4.78, 5) is 10.8. The van der Waals surface area contributed by atoms with Gasteiger partial charge in [-0.3, -0.25) is 0 Å². The van der Waals surface area contributed by atoms with E-state index in [-0.39, 0.29) is 11.6 Å². The van der Waals surface area contributed by atoms with Gasteiger partial charge < -0.3 is 10.4 Å². The van der Waals surface area contributed by atoms with Gasteiger partial charge in [0.05, 0.1) is 5.56 Å². The SMILES string of the molecule is O=C(O)c1ccc(F)cc1C1CCN1. The van der Waals surface area contributed by atoms with Gasteiger partial charge in [-0.2, -0.15) is 0 Å². The van der Waals surface area contributed by atoms with Crippen LogP contribution >= 0.6 is 0 Å². The minimum Gasteiger partial charge on any atom is -0.478 e. The first kappa shape index (κ1) is 9.15. The van der Waals surface area contributed by atoms with Gasteiger partial charge in [-0.25, -0.2) is 9.18 Å². The monoisotopic (exact) mass is 195 g/mol. The first-order valence-corrected chi connectivity index (χ1v) is 4.44. The smallest absolute Gasteiger partial charge is 0.336 e. The molecule has 74 valence electrons. The molecular formula is C10H10FNO2. The van der Waals surface area contributed by atoms with Gasteiger partial charge in [0.15, 0.2) is 0 Å². The van der Waals surface area contributed by atoms with Crippen LogP contribution < -0.4 is 5.32 Å². The summed E-state index contributed by atoms with van der Waals surface area (Å²) in [5.74, 6) is -1.40. The number of benzene rings is 1. The normalized spacial score (nSPS) is 20.2. The Hall–Kier alpha value is -1.42. The Kier molecular flexibility index (Phi) is 2.21. The van der Waals surface area contributed by atoms with Crippen molar-refractivity contribution in [2.24, 2.45) is 0 Å². The van der Waals surface area contributed by atoms with Gasteiger partial charge in [-0.15, -0.1) is 0 Å². The first-order valence-electron chi connectivity index (χ1n) is 4.44. The van der Waals surface area contributed by atoms with Gasteiger partial charge in [-0.05, 0) is 36.7 Å². The first-order chi connectivity index (χ1) is 6.68. The van der Waals surface area contributed by atoms with E-state index in [4.69, 9.17) is 5.11 Å². The van der Waals surface area contributed by atoms with Crippen LogP contribution in [0.1, 0.15) is 28.4 Å². The Balaban J connectivity index is 2.42. The molecule has 1 fully saturated rings. The van der Waals surface area contributed by atoms with Crippen LogP contribution in [0.2, 0.25) is 0 Å². The second-order valence-corrected chi connectivity index (χ2v) is 3.33. The molecule has 0 saturated carbocycles. The second-order valence-electron chi connectivity index (χ2n) is 3.33. The maximum absolute atomic E-state index is 12.9. The molecule has 1 aromatic carbocycles. The van der Waals surface area contributed by atoms with Gasteiger partial charge in [-0.1, -0.05) is 0 Å². The average Bonchev–Trinajstić information content (AvgIpc) is 2.00. The molecule has 1 saturated heterocycles. The lowest BCUT2D eigenvalue weighted by molar-refractivity contribution is 0.0694. The van der Waals surface area contributed by atoms with E-state index in [0.29, 0.717) is 5.56 Å². The van der Waals surface area contributed by atoms with Crippen molar-refractivity contribution < 1.29 is 14.3 Å². The minimum absolute atomic E-state index is 0.00296. The summed E-state index contributed by atoms with van der Waals surface area (Å²) in [6, 6.07) is 3.77. The van der Waals surface area contributed by atoms with E-state index in [0.717, 1.165) is 13.0 Å². The van der Waals surface area contributed by atoms with Crippen molar-refractivity contribution >= 4 is 5.97 Å². The third kappa shape index (κ3) is 1.48. The molecule has 0 bridgehead atoms. The molecule has 2 N–H and O–H groups in total. The van der Waals surface area contributed by atoms with Crippen LogP contribution in [0.15, 0.2) is 18.2 Å². The molecule has 0 amide bonds. The number of rotatable bonds is 2. The van der Waals surface area contributed by atoms with E-state index in [1.807, 2.05) is 0 Å². The summed E-state index contributed by atoms with van der Waals surface area (Å²) in [5.41, 5.74) is 0.729. The lowest BCUT2D eigenvalue weighted by atomic mass is 9.93. The highest BCUT2D eigenvalue weighted by Crippen LogP contribution is 2.26. The topological polar surface area (TPSA) is 49.3 Å². The van der Waals surface area contributed by atoms with E-state index in [1.165, 1.54) is 18.2 Å². The van der Waals surface area contributed by atoms with E-state index in [9.17, 15) is 9.18 Å². The highest BCUT2D eigenvalue weighted by molar-refractivity contribution is 5.89. The average molecular weight is 195 g/mol. The molecule has 0 aliphatic carbocycles. The van der Waals surface area contributed by atoms with Crippen LogP contribution in [-0.2, 0) is 0 Å². The zero-order valence-electron chi connectivity index (χ0n) is 7.46. The number of nitrogens with one attached hydrogen (secondary N) is 1. The molecule has 1 atom stereocenters. The second kappa shape index (κ2) is 3.38. The molecule has 1 aliphatic rings. The molecule has 1 aromatic rings. The lowest BCUT2D eigenvalue weighted by Gasteiger charge is -2.29. The van der Waals surface area contributed by atoms with Gasteiger partial charge >= 0.3 is 5.97 Å². The summed E-state index contributed by atoms with van der Waals surface area (Å²) < 4.78 is 12.9. The predicted octanol–water partition coefficient (Wildman–Crippen LogP) is 1.56. The Morgan fingerprint density at radius 2 is 2.29 bits per heavy atom. The van der Waals surface area contributed by atoms with Crippen molar-refractivity contribution in [3.05, 3.63) is 35.1 Å². The standard InChI is InChI=1S/C10H10FNO2/c11-6-1-2-7(10(13)14)8(5-6)9-3-4-12-9/h1-2,5,9,12H,3-4H2,(H,13,14). The molecule has 3 nitrogen and oxygen atoms in total. The van der Waals surface area contributed by atoms with Gasteiger partial charge in [0.25, 0.3) is 0 Å². The third-order valence-corrected chi connectivity index (χ3v) is 2.44. The van der Waals surface area contributed by atoms with Crippen LogP contribution in [-0.4, -0.2) is 17.6 Å². The molecule has 1 heterocycles. The molecule has 4 heteroatoms. The van der Waals surface area contributed by atoms with Crippen LogP contribution in [0, 0.1) is 5.82 Å². The molecular weight excluding hydrogens is 185 g/mol. The Bertz CT molecular complexity index is 374. The number of carbonyl (C=O) groups is 1. The Morgan fingerprint density at radius 1 is 1.57 bits per heavy atom. The van der Waals surface area contributed by atoms with Gasteiger partial charge in [0, 0.05) is 6.04 Å². The summed E-state index contributed by atoms with van der Waals surface area (Å²) in [5, 5.41) is 11.9. The fourth-order valence-electron chi connectivity index (χ4n) is 1.57. The lowest BCUT2D eigenvalue weighted by Crippen LogP contribution is -2.36. The summed E-state index contributed by atoms with van der Waals surface area (Å²) in [7, 11) is 0. The number of carboxylic acid groups (broad SMARTS) is 1. The fraction of sp³-hybridized carbons (Fsp3) is 0.300. The summed E-state index contributed by atoms with van der Waals surface area (Å²) in [6.07, 6.45) is 0.865. The highest BCUT2D eigenvalue weighted by Gasteiger charge is 2.24. The van der Waals surface area contributed by atoms with Crippen molar-refractivity contribution in [1.29, 1.82) is 0 Å². The van der Waals surface area contributed by atoms with Crippen molar-refractivity contribution in [2.75, 3.05) is 6.54 Å². The maximum Gasteiger partial charge on any atom is 0.336 e. The predicted molar refractivity (Wildman–Crippen MR) is 48.7 cm³/mol. The molecule has 0 radical (unpaired) electrons. The fourth-order valence-corrected chi connectivity index (χ4v) is 1.57. The van der Waals surface area contributed by atoms with E-state index >= 15 is 0 Å².